The monoisotopic (exact) mass is 529 g/mol. The highest BCUT2D eigenvalue weighted by Gasteiger charge is 2.25. The number of rotatable bonds is 13. The molecule has 0 aliphatic carbocycles. The Balaban J connectivity index is 1.55. The highest BCUT2D eigenvalue weighted by Crippen LogP contribution is 2.29. The molecule has 5 N–H and O–H groups in total. The van der Waals surface area contributed by atoms with Crippen LogP contribution in [0.1, 0.15) is 34.8 Å². The van der Waals surface area contributed by atoms with Gasteiger partial charge in [0.2, 0.25) is 5.78 Å². The number of nitrogens with two attached hydrogens (primary N) is 1. The van der Waals surface area contributed by atoms with E-state index < -0.39 is 23.0 Å². The number of hydrogen-bond acceptors (Lipinski definition) is 8. The van der Waals surface area contributed by atoms with Crippen molar-refractivity contribution in [3.8, 4) is 0 Å². The fourth-order valence-corrected chi connectivity index (χ4v) is 4.36. The van der Waals surface area contributed by atoms with Gasteiger partial charge in [-0.05, 0) is 41.8 Å². The molecule has 0 atom stereocenters. The summed E-state index contributed by atoms with van der Waals surface area (Å²) in [6.45, 7) is 4.25. The lowest BCUT2D eigenvalue weighted by Gasteiger charge is -2.18. The van der Waals surface area contributed by atoms with E-state index in [1.807, 2.05) is 13.0 Å². The molecule has 0 saturated heterocycles. The van der Waals surface area contributed by atoms with Crippen molar-refractivity contribution in [3.05, 3.63) is 77.0 Å². The quantitative estimate of drug-likeness (QED) is 0.147. The van der Waals surface area contributed by atoms with Crippen LogP contribution >= 0.6 is 11.9 Å². The molecule has 1 aromatic carbocycles. The van der Waals surface area contributed by atoms with E-state index in [2.05, 4.69) is 20.0 Å². The van der Waals surface area contributed by atoms with Crippen LogP contribution in [0, 0.1) is 11.6 Å². The number of fused-ring (bicyclic) bond motifs is 1. The molecule has 1 aliphatic rings. The number of aromatic amines is 1. The number of hydrogen-bond donors (Lipinski definition) is 4. The topological polar surface area (TPSA) is 114 Å². The van der Waals surface area contributed by atoms with Gasteiger partial charge in [0.25, 0.3) is 0 Å². The summed E-state index contributed by atoms with van der Waals surface area (Å²) in [5.41, 5.74) is 7.12. The third-order valence-corrected chi connectivity index (χ3v) is 6.57. The second-order valence-corrected chi connectivity index (χ2v) is 9.11. The number of carbonyl (C=O) groups is 1. The minimum absolute atomic E-state index is 0.0658. The minimum atomic E-state index is -0.919. The van der Waals surface area contributed by atoms with Gasteiger partial charge in [0, 0.05) is 42.2 Å². The number of anilines is 1. The van der Waals surface area contributed by atoms with Crippen molar-refractivity contribution >= 4 is 40.0 Å². The van der Waals surface area contributed by atoms with Gasteiger partial charge in [-0.25, -0.2) is 13.8 Å². The van der Waals surface area contributed by atoms with Crippen LogP contribution in [0.4, 0.5) is 14.5 Å². The van der Waals surface area contributed by atoms with E-state index >= 15 is 4.39 Å². The predicted octanol–water partition coefficient (Wildman–Crippen LogP) is 4.36. The second-order valence-electron chi connectivity index (χ2n) is 8.21. The molecule has 11 heteroatoms. The normalized spacial score (nSPS) is 13.2. The zero-order valence-electron chi connectivity index (χ0n) is 20.4. The summed E-state index contributed by atoms with van der Waals surface area (Å²) >= 11 is 1.30. The Kier molecular flexibility index (Phi) is 9.15. The van der Waals surface area contributed by atoms with Gasteiger partial charge >= 0.3 is 0 Å². The number of nitrogens with zero attached hydrogens (tertiary/aromatic N) is 1. The molecule has 8 nitrogen and oxygen atoms in total. The molecule has 2 aromatic heterocycles. The van der Waals surface area contributed by atoms with E-state index in [1.165, 1.54) is 24.2 Å². The van der Waals surface area contributed by atoms with Crippen LogP contribution in [0.5, 0.6) is 0 Å². The largest absolute Gasteiger partial charge is 0.477 e. The van der Waals surface area contributed by atoms with Crippen molar-refractivity contribution in [1.29, 1.82) is 0 Å². The van der Waals surface area contributed by atoms with E-state index in [0.717, 1.165) is 29.4 Å². The van der Waals surface area contributed by atoms with Gasteiger partial charge in [-0.15, -0.1) is 0 Å². The Labute approximate surface area is 217 Å². The summed E-state index contributed by atoms with van der Waals surface area (Å²) in [4.78, 5) is 20.6. The molecule has 0 fully saturated rings. The van der Waals surface area contributed by atoms with Crippen LogP contribution in [0.2, 0.25) is 0 Å². The number of dihydropyridines is 1. The Bertz CT molecular complexity index is 1330. The summed E-state index contributed by atoms with van der Waals surface area (Å²) in [6, 6.07) is 4.17. The van der Waals surface area contributed by atoms with Crippen molar-refractivity contribution in [2.24, 2.45) is 5.73 Å². The summed E-state index contributed by atoms with van der Waals surface area (Å²) in [7, 11) is 0. The van der Waals surface area contributed by atoms with E-state index in [4.69, 9.17) is 15.2 Å². The van der Waals surface area contributed by atoms with Crippen molar-refractivity contribution in [2.45, 2.75) is 13.3 Å². The van der Waals surface area contributed by atoms with Crippen LogP contribution in [0.3, 0.4) is 0 Å². The molecule has 37 heavy (non-hydrogen) atoms. The number of H-pyrrole nitrogens is 1. The first-order valence-corrected chi connectivity index (χ1v) is 12.9. The average Bonchev–Trinajstić information content (AvgIpc) is 3.34. The lowest BCUT2D eigenvalue weighted by molar-refractivity contribution is 0.0748. The fourth-order valence-electron chi connectivity index (χ4n) is 3.74. The van der Waals surface area contributed by atoms with Crippen LogP contribution in [-0.4, -0.2) is 54.4 Å². The SMILES string of the molecule is CCCSNc1ccc(F)c(C(=O)c2c[nH]c3ncc(C4=CC=C(OCCOCCN)NC4)cc23)c1F. The summed E-state index contributed by atoms with van der Waals surface area (Å²) in [5.74, 6) is -1.24. The van der Waals surface area contributed by atoms with Gasteiger partial charge < -0.3 is 30.2 Å². The van der Waals surface area contributed by atoms with Gasteiger partial charge in [-0.1, -0.05) is 24.9 Å². The first kappa shape index (κ1) is 26.6. The molecule has 3 aromatic rings. The van der Waals surface area contributed by atoms with Crippen LogP contribution < -0.4 is 15.8 Å². The number of halogens is 2. The lowest BCUT2D eigenvalue weighted by atomic mass is 9.99. The fraction of sp³-hybridized carbons (Fsp3) is 0.308. The third kappa shape index (κ3) is 6.30. The summed E-state index contributed by atoms with van der Waals surface area (Å²) in [6.07, 6.45) is 7.69. The summed E-state index contributed by atoms with van der Waals surface area (Å²) in [5, 5.41) is 3.66. The number of pyridine rings is 1. The molecular weight excluding hydrogens is 500 g/mol. The molecule has 1 aliphatic heterocycles. The molecule has 0 saturated carbocycles. The van der Waals surface area contributed by atoms with Crippen molar-refractivity contribution in [1.82, 2.24) is 15.3 Å². The van der Waals surface area contributed by atoms with Crippen LogP contribution in [0.25, 0.3) is 16.6 Å². The molecule has 0 amide bonds. The van der Waals surface area contributed by atoms with Crippen molar-refractivity contribution in [3.63, 3.8) is 0 Å². The van der Waals surface area contributed by atoms with Gasteiger partial charge in [0.15, 0.2) is 11.7 Å². The lowest BCUT2D eigenvalue weighted by Crippen LogP contribution is -2.22. The highest BCUT2D eigenvalue weighted by atomic mass is 32.2. The molecule has 0 spiro atoms. The zero-order valence-corrected chi connectivity index (χ0v) is 21.2. The van der Waals surface area contributed by atoms with E-state index in [-0.39, 0.29) is 11.3 Å². The number of aromatic nitrogens is 2. The Hall–Kier alpha value is -3.41. The van der Waals surface area contributed by atoms with Crippen LogP contribution in [-0.2, 0) is 9.47 Å². The van der Waals surface area contributed by atoms with E-state index in [0.29, 0.717) is 49.8 Å². The predicted molar refractivity (Wildman–Crippen MR) is 142 cm³/mol. The van der Waals surface area contributed by atoms with Crippen molar-refractivity contribution in [2.75, 3.05) is 43.4 Å². The number of benzene rings is 1. The average molecular weight is 530 g/mol. The molecule has 4 rings (SSSR count). The molecule has 196 valence electrons. The second kappa shape index (κ2) is 12.7. The molecule has 0 unspecified atom stereocenters. The van der Waals surface area contributed by atoms with Gasteiger partial charge in [0.1, 0.15) is 18.1 Å². The molecule has 0 radical (unpaired) electrons. The molecular formula is C26H29F2N5O3S. The number of nitrogens with one attached hydrogen (secondary N) is 3. The van der Waals surface area contributed by atoms with Gasteiger partial charge in [-0.2, -0.15) is 0 Å². The number of carbonyl (C=O) groups excluding carboxylic acids is 1. The van der Waals surface area contributed by atoms with E-state index in [9.17, 15) is 9.18 Å². The van der Waals surface area contributed by atoms with Crippen LogP contribution in [0.15, 0.2) is 48.6 Å². The Morgan fingerprint density at radius 1 is 1.24 bits per heavy atom. The third-order valence-electron chi connectivity index (χ3n) is 5.59. The Morgan fingerprint density at radius 3 is 2.86 bits per heavy atom. The van der Waals surface area contributed by atoms with Gasteiger partial charge in [-0.3, -0.25) is 4.79 Å². The Morgan fingerprint density at radius 2 is 2.11 bits per heavy atom. The number of allylic oxidation sites excluding steroid dienone is 2. The smallest absolute Gasteiger partial charge is 0.201 e. The summed E-state index contributed by atoms with van der Waals surface area (Å²) < 4.78 is 43.6. The number of ether oxygens (including phenoxy) is 2. The van der Waals surface area contributed by atoms with E-state index in [1.54, 1.807) is 18.3 Å². The molecule has 3 heterocycles. The maximum atomic E-state index is 15.1. The highest BCUT2D eigenvalue weighted by molar-refractivity contribution is 8.00. The maximum Gasteiger partial charge on any atom is 0.201 e. The zero-order chi connectivity index (χ0) is 26.2. The number of ketones is 1. The van der Waals surface area contributed by atoms with Gasteiger partial charge in [0.05, 0.1) is 24.5 Å². The first-order valence-electron chi connectivity index (χ1n) is 12.0. The first-order chi connectivity index (χ1) is 18.0. The molecule has 0 bridgehead atoms. The standard InChI is InChI=1S/C26H29F2N5O3S/c1-2-11-37-33-21-5-4-20(27)23(24(21)28)25(34)19-15-32-26-18(19)12-17(14-31-26)16-3-6-22(30-13-16)36-10-9-35-8-7-29/h3-6,12,14-15,30,33H,2,7-11,13,29H2,1H3,(H,31,32). The maximum absolute atomic E-state index is 15.1. The van der Waals surface area contributed by atoms with Crippen molar-refractivity contribution < 1.29 is 23.0 Å². The minimum Gasteiger partial charge on any atom is -0.477 e.